The van der Waals surface area contributed by atoms with E-state index in [1.54, 1.807) is 0 Å². The minimum Gasteiger partial charge on any atom is -0.489 e. The lowest BCUT2D eigenvalue weighted by Crippen LogP contribution is -2.41. The van der Waals surface area contributed by atoms with Gasteiger partial charge in [0.05, 0.1) is 0 Å². The molecule has 3 heteroatoms. The molecule has 1 aliphatic carbocycles. The van der Waals surface area contributed by atoms with E-state index in [2.05, 4.69) is 36.2 Å². The maximum Gasteiger partial charge on any atom is 0.124 e. The van der Waals surface area contributed by atoms with E-state index in [4.69, 9.17) is 10.5 Å². The van der Waals surface area contributed by atoms with Crippen molar-refractivity contribution in [3.05, 3.63) is 29.8 Å². The zero-order valence-electron chi connectivity index (χ0n) is 13.2. The van der Waals surface area contributed by atoms with Gasteiger partial charge < -0.3 is 15.4 Å². The van der Waals surface area contributed by atoms with Crippen LogP contribution in [0.15, 0.2) is 24.3 Å². The van der Waals surface area contributed by atoms with Crippen molar-refractivity contribution in [1.82, 2.24) is 4.90 Å². The highest BCUT2D eigenvalue weighted by Crippen LogP contribution is 2.39. The fourth-order valence-electron chi connectivity index (χ4n) is 3.83. The molecule has 0 radical (unpaired) electrons. The highest BCUT2D eigenvalue weighted by molar-refractivity contribution is 5.39. The molecule has 1 aliphatic heterocycles. The van der Waals surface area contributed by atoms with E-state index in [1.165, 1.54) is 37.8 Å². The molecule has 0 bridgehead atoms. The molecule has 1 saturated heterocycles. The summed E-state index contributed by atoms with van der Waals surface area (Å²) < 4.78 is 6.35. The van der Waals surface area contributed by atoms with Gasteiger partial charge in [-0.25, -0.2) is 0 Å². The average Bonchev–Trinajstić information content (AvgIpc) is 2.48. The second-order valence-corrected chi connectivity index (χ2v) is 6.86. The Balaban J connectivity index is 1.79. The maximum absolute atomic E-state index is 6.72. The van der Waals surface area contributed by atoms with Crippen molar-refractivity contribution in [2.75, 3.05) is 20.1 Å². The largest absolute Gasteiger partial charge is 0.489 e. The number of nitrogens with two attached hydrogens (primary N) is 1. The Morgan fingerprint density at radius 3 is 2.67 bits per heavy atom. The molecule has 0 aromatic heterocycles. The molecular weight excluding hydrogens is 260 g/mol. The third kappa shape index (κ3) is 3.41. The van der Waals surface area contributed by atoms with Crippen LogP contribution in [0.4, 0.5) is 0 Å². The first-order valence-corrected chi connectivity index (χ1v) is 8.41. The lowest BCUT2D eigenvalue weighted by atomic mass is 9.77. The normalized spacial score (nSPS) is 26.5. The fraction of sp³-hybridized carbons (Fsp3) is 0.667. The van der Waals surface area contributed by atoms with Crippen LogP contribution in [0.3, 0.4) is 0 Å². The van der Waals surface area contributed by atoms with Gasteiger partial charge in [0, 0.05) is 17.6 Å². The molecule has 21 heavy (non-hydrogen) atoms. The van der Waals surface area contributed by atoms with Crippen LogP contribution >= 0.6 is 0 Å². The van der Waals surface area contributed by atoms with Crippen LogP contribution in [0.1, 0.15) is 50.5 Å². The van der Waals surface area contributed by atoms with Crippen LogP contribution in [0.2, 0.25) is 0 Å². The quantitative estimate of drug-likeness (QED) is 0.927. The van der Waals surface area contributed by atoms with Gasteiger partial charge in [0.15, 0.2) is 0 Å². The van der Waals surface area contributed by atoms with Gasteiger partial charge in [-0.05, 0) is 45.3 Å². The lowest BCUT2D eigenvalue weighted by Gasteiger charge is -2.36. The van der Waals surface area contributed by atoms with Crippen LogP contribution in [-0.2, 0) is 5.54 Å². The van der Waals surface area contributed by atoms with Gasteiger partial charge in [-0.2, -0.15) is 0 Å². The van der Waals surface area contributed by atoms with Crippen molar-refractivity contribution in [2.24, 2.45) is 5.73 Å². The summed E-state index contributed by atoms with van der Waals surface area (Å²) in [7, 11) is 2.17. The molecule has 0 amide bonds. The van der Waals surface area contributed by atoms with Crippen molar-refractivity contribution in [1.29, 1.82) is 0 Å². The number of nitrogens with zero attached hydrogens (tertiary/aromatic N) is 1. The molecule has 1 atom stereocenters. The van der Waals surface area contributed by atoms with Crippen molar-refractivity contribution in [3.63, 3.8) is 0 Å². The predicted octanol–water partition coefficient (Wildman–Crippen LogP) is 3.28. The van der Waals surface area contributed by atoms with E-state index in [1.807, 2.05) is 0 Å². The molecule has 1 aromatic carbocycles. The highest BCUT2D eigenvalue weighted by atomic mass is 16.5. The molecule has 2 N–H and O–H groups in total. The Bertz CT molecular complexity index is 468. The van der Waals surface area contributed by atoms with E-state index >= 15 is 0 Å². The van der Waals surface area contributed by atoms with Crippen LogP contribution in [0.5, 0.6) is 5.75 Å². The molecule has 1 saturated carbocycles. The number of ether oxygens (including phenoxy) is 1. The van der Waals surface area contributed by atoms with E-state index < -0.39 is 0 Å². The van der Waals surface area contributed by atoms with Crippen molar-refractivity contribution < 1.29 is 4.74 Å². The summed E-state index contributed by atoms with van der Waals surface area (Å²) >= 11 is 0. The standard InChI is InChI=1S/C18H28N2O/c1-20-13-7-8-15(14-20)21-17-10-4-3-9-16(17)18(19)11-5-2-6-12-18/h3-4,9-10,15H,2,5-8,11-14,19H2,1H3. The highest BCUT2D eigenvalue weighted by Gasteiger charge is 2.32. The minimum atomic E-state index is -0.185. The Morgan fingerprint density at radius 1 is 1.14 bits per heavy atom. The number of piperidine rings is 1. The molecule has 116 valence electrons. The van der Waals surface area contributed by atoms with Crippen molar-refractivity contribution in [2.45, 2.75) is 56.6 Å². The molecule has 0 spiro atoms. The summed E-state index contributed by atoms with van der Waals surface area (Å²) in [6.45, 7) is 2.20. The predicted molar refractivity (Wildman–Crippen MR) is 86.5 cm³/mol. The number of benzene rings is 1. The first-order chi connectivity index (χ1) is 10.2. The first kappa shape index (κ1) is 14.9. The smallest absolute Gasteiger partial charge is 0.124 e. The van der Waals surface area contributed by atoms with Crippen molar-refractivity contribution >= 4 is 0 Å². The third-order valence-electron chi connectivity index (χ3n) is 5.04. The van der Waals surface area contributed by atoms with Gasteiger partial charge >= 0.3 is 0 Å². The number of para-hydroxylation sites is 1. The molecule has 1 unspecified atom stereocenters. The summed E-state index contributed by atoms with van der Waals surface area (Å²) in [5, 5.41) is 0. The first-order valence-electron chi connectivity index (χ1n) is 8.41. The van der Waals surface area contributed by atoms with E-state index in [-0.39, 0.29) is 5.54 Å². The molecule has 3 rings (SSSR count). The number of hydrogen-bond acceptors (Lipinski definition) is 3. The summed E-state index contributed by atoms with van der Waals surface area (Å²) in [5.74, 6) is 1.02. The van der Waals surface area contributed by atoms with Crippen LogP contribution in [0.25, 0.3) is 0 Å². The zero-order chi connectivity index (χ0) is 14.7. The molecular formula is C18H28N2O. The van der Waals surface area contributed by atoms with Crippen LogP contribution < -0.4 is 10.5 Å². The topological polar surface area (TPSA) is 38.5 Å². The van der Waals surface area contributed by atoms with Gasteiger partial charge in [-0.15, -0.1) is 0 Å². The van der Waals surface area contributed by atoms with E-state index in [9.17, 15) is 0 Å². The second kappa shape index (κ2) is 6.37. The molecule has 2 fully saturated rings. The zero-order valence-corrected chi connectivity index (χ0v) is 13.2. The van der Waals surface area contributed by atoms with Gasteiger partial charge in [0.1, 0.15) is 11.9 Å². The van der Waals surface area contributed by atoms with Crippen LogP contribution in [0, 0.1) is 0 Å². The minimum absolute atomic E-state index is 0.185. The molecule has 2 aliphatic rings. The maximum atomic E-state index is 6.72. The van der Waals surface area contributed by atoms with Gasteiger partial charge in [-0.3, -0.25) is 0 Å². The Kier molecular flexibility index (Phi) is 4.51. The number of hydrogen-bond donors (Lipinski definition) is 1. The number of likely N-dealkylation sites (tertiary alicyclic amines) is 1. The van der Waals surface area contributed by atoms with Gasteiger partial charge in [0.2, 0.25) is 0 Å². The lowest BCUT2D eigenvalue weighted by molar-refractivity contribution is 0.101. The monoisotopic (exact) mass is 288 g/mol. The summed E-state index contributed by atoms with van der Waals surface area (Å²) in [6, 6.07) is 8.44. The molecule has 1 heterocycles. The Morgan fingerprint density at radius 2 is 1.90 bits per heavy atom. The third-order valence-corrected chi connectivity index (χ3v) is 5.04. The Hall–Kier alpha value is -1.06. The summed E-state index contributed by atoms with van der Waals surface area (Å²) in [4.78, 5) is 2.36. The molecule has 1 aromatic rings. The van der Waals surface area contributed by atoms with Crippen LogP contribution in [-0.4, -0.2) is 31.1 Å². The number of rotatable bonds is 3. The van der Waals surface area contributed by atoms with E-state index in [0.29, 0.717) is 6.10 Å². The summed E-state index contributed by atoms with van der Waals surface area (Å²) in [5.41, 5.74) is 7.76. The van der Waals surface area contributed by atoms with Gasteiger partial charge in [-0.1, -0.05) is 37.5 Å². The SMILES string of the molecule is CN1CCCC(Oc2ccccc2C2(N)CCCCC2)C1. The summed E-state index contributed by atoms with van der Waals surface area (Å²) in [6.07, 6.45) is 8.61. The van der Waals surface area contributed by atoms with E-state index in [0.717, 1.165) is 31.6 Å². The second-order valence-electron chi connectivity index (χ2n) is 6.86. The molecule has 3 nitrogen and oxygen atoms in total. The Labute approximate surface area is 128 Å². The van der Waals surface area contributed by atoms with Gasteiger partial charge in [0.25, 0.3) is 0 Å². The van der Waals surface area contributed by atoms with Crippen molar-refractivity contribution in [3.8, 4) is 5.75 Å². The number of likely N-dealkylation sites (N-methyl/N-ethyl adjacent to an activating group) is 1. The fourth-order valence-corrected chi connectivity index (χ4v) is 3.83. The average molecular weight is 288 g/mol.